The van der Waals surface area contributed by atoms with E-state index in [4.69, 9.17) is 4.55 Å². The highest BCUT2D eigenvalue weighted by Crippen LogP contribution is 2.23. The fourth-order valence-corrected chi connectivity index (χ4v) is 2.20. The van der Waals surface area contributed by atoms with E-state index in [1.165, 1.54) is 6.08 Å². The van der Waals surface area contributed by atoms with E-state index in [2.05, 4.69) is 0 Å². The Morgan fingerprint density at radius 2 is 1.32 bits per heavy atom. The summed E-state index contributed by atoms with van der Waals surface area (Å²) >= 11 is 0. The molecule has 0 aliphatic heterocycles. The first-order valence-corrected chi connectivity index (χ1v) is 7.43. The molecule has 0 fully saturated rings. The van der Waals surface area contributed by atoms with Crippen LogP contribution in [0.5, 0.6) is 0 Å². The Labute approximate surface area is 113 Å². The van der Waals surface area contributed by atoms with Crippen LogP contribution in [0.2, 0.25) is 0 Å². The average Bonchev–Trinajstić information content (AvgIpc) is 2.40. The molecule has 2 aromatic carbocycles. The number of benzene rings is 2. The van der Waals surface area contributed by atoms with Gasteiger partial charge < -0.3 is 0 Å². The highest BCUT2D eigenvalue weighted by molar-refractivity contribution is 7.85. The summed E-state index contributed by atoms with van der Waals surface area (Å²) in [7, 11) is -4.01. The summed E-state index contributed by atoms with van der Waals surface area (Å²) in [6, 6.07) is 19.0. The van der Waals surface area contributed by atoms with E-state index >= 15 is 0 Å². The van der Waals surface area contributed by atoms with Crippen molar-refractivity contribution in [2.45, 2.75) is 0 Å². The van der Waals surface area contributed by atoms with Crippen LogP contribution in [0.25, 0.3) is 5.57 Å². The minimum Gasteiger partial charge on any atom is -0.285 e. The lowest BCUT2D eigenvalue weighted by atomic mass is 9.98. The molecule has 19 heavy (non-hydrogen) atoms. The summed E-state index contributed by atoms with van der Waals surface area (Å²) in [6.07, 6.45) is 1.53. The van der Waals surface area contributed by atoms with E-state index in [-0.39, 0.29) is 0 Å². The zero-order valence-corrected chi connectivity index (χ0v) is 11.0. The predicted molar refractivity (Wildman–Crippen MR) is 76.4 cm³/mol. The normalized spacial score (nSPS) is 11.0. The van der Waals surface area contributed by atoms with Crippen LogP contribution in [0.1, 0.15) is 11.1 Å². The van der Waals surface area contributed by atoms with Crippen molar-refractivity contribution >= 4 is 15.7 Å². The summed E-state index contributed by atoms with van der Waals surface area (Å²) in [6.45, 7) is 0. The summed E-state index contributed by atoms with van der Waals surface area (Å²) in [4.78, 5) is 0. The molecule has 0 atom stereocenters. The molecule has 2 rings (SSSR count). The van der Waals surface area contributed by atoms with Gasteiger partial charge in [-0.3, -0.25) is 4.55 Å². The van der Waals surface area contributed by atoms with Gasteiger partial charge in [-0.15, -0.1) is 0 Å². The first kappa shape index (κ1) is 13.5. The SMILES string of the molecule is O=S(=O)(O)CC=C(c1ccccc1)c1ccccc1. The van der Waals surface area contributed by atoms with Crippen LogP contribution in [0, 0.1) is 0 Å². The van der Waals surface area contributed by atoms with Gasteiger partial charge >= 0.3 is 0 Å². The Bertz CT molecular complexity index is 618. The van der Waals surface area contributed by atoms with Gasteiger partial charge in [0.15, 0.2) is 0 Å². The van der Waals surface area contributed by atoms with Crippen molar-refractivity contribution in [2.75, 3.05) is 5.75 Å². The third-order valence-electron chi connectivity index (χ3n) is 2.67. The highest BCUT2D eigenvalue weighted by Gasteiger charge is 2.07. The predicted octanol–water partition coefficient (Wildman–Crippen LogP) is 3.01. The van der Waals surface area contributed by atoms with Crippen molar-refractivity contribution < 1.29 is 13.0 Å². The molecule has 0 saturated carbocycles. The standard InChI is InChI=1S/C15H14O3S/c16-19(17,18)12-11-15(13-7-3-1-4-8-13)14-9-5-2-6-10-14/h1-11H,12H2,(H,16,17,18). The van der Waals surface area contributed by atoms with Crippen molar-refractivity contribution in [3.05, 3.63) is 77.9 Å². The van der Waals surface area contributed by atoms with Crippen molar-refractivity contribution in [1.29, 1.82) is 0 Å². The van der Waals surface area contributed by atoms with Crippen LogP contribution in [0.15, 0.2) is 66.7 Å². The fraction of sp³-hybridized carbons (Fsp3) is 0.0667. The van der Waals surface area contributed by atoms with Crippen molar-refractivity contribution in [3.8, 4) is 0 Å². The molecule has 2 aromatic rings. The molecule has 0 aromatic heterocycles. The second-order valence-electron chi connectivity index (χ2n) is 4.10. The topological polar surface area (TPSA) is 54.4 Å². The summed E-state index contributed by atoms with van der Waals surface area (Å²) in [5.41, 5.74) is 2.62. The van der Waals surface area contributed by atoms with Gasteiger partial charge in [-0.05, 0) is 16.7 Å². The summed E-state index contributed by atoms with van der Waals surface area (Å²) in [5.74, 6) is -0.397. The van der Waals surface area contributed by atoms with Gasteiger partial charge in [0.25, 0.3) is 10.1 Å². The second kappa shape index (κ2) is 5.82. The zero-order valence-electron chi connectivity index (χ0n) is 10.2. The maximum atomic E-state index is 10.9. The summed E-state index contributed by atoms with van der Waals surface area (Å²) in [5, 5.41) is 0. The van der Waals surface area contributed by atoms with E-state index in [0.717, 1.165) is 16.7 Å². The largest absolute Gasteiger partial charge is 0.285 e. The number of hydrogen-bond donors (Lipinski definition) is 1. The quantitative estimate of drug-likeness (QED) is 0.872. The maximum absolute atomic E-state index is 10.9. The lowest BCUT2D eigenvalue weighted by Gasteiger charge is -2.08. The molecule has 0 bridgehead atoms. The third-order valence-corrected chi connectivity index (χ3v) is 3.26. The molecule has 0 aliphatic rings. The molecule has 0 radical (unpaired) electrons. The minimum absolute atomic E-state index is 0.397. The number of hydrogen-bond acceptors (Lipinski definition) is 2. The molecule has 0 aliphatic carbocycles. The molecule has 0 amide bonds. The Morgan fingerprint density at radius 3 is 1.68 bits per heavy atom. The monoisotopic (exact) mass is 274 g/mol. The third kappa shape index (κ3) is 4.05. The van der Waals surface area contributed by atoms with Gasteiger partial charge in [-0.2, -0.15) is 8.42 Å². The molecule has 3 nitrogen and oxygen atoms in total. The summed E-state index contributed by atoms with van der Waals surface area (Å²) < 4.78 is 30.7. The molecule has 0 unspecified atom stereocenters. The van der Waals surface area contributed by atoms with Crippen molar-refractivity contribution in [1.82, 2.24) is 0 Å². The second-order valence-corrected chi connectivity index (χ2v) is 5.60. The lowest BCUT2D eigenvalue weighted by Crippen LogP contribution is -2.02. The van der Waals surface area contributed by atoms with Crippen molar-refractivity contribution in [2.24, 2.45) is 0 Å². The Kier molecular flexibility index (Phi) is 4.14. The van der Waals surface area contributed by atoms with Gasteiger partial charge in [0.2, 0.25) is 0 Å². The minimum atomic E-state index is -4.01. The molecule has 4 heteroatoms. The van der Waals surface area contributed by atoms with Crippen LogP contribution in [-0.4, -0.2) is 18.7 Å². The highest BCUT2D eigenvalue weighted by atomic mass is 32.2. The van der Waals surface area contributed by atoms with Crippen LogP contribution in [0.4, 0.5) is 0 Å². The van der Waals surface area contributed by atoms with Gasteiger partial charge in [0.05, 0.1) is 5.75 Å². The smallest absolute Gasteiger partial charge is 0.268 e. The van der Waals surface area contributed by atoms with Crippen LogP contribution in [-0.2, 0) is 10.1 Å². The van der Waals surface area contributed by atoms with E-state index in [1.807, 2.05) is 60.7 Å². The Hall–Kier alpha value is -1.91. The van der Waals surface area contributed by atoms with Crippen LogP contribution in [0.3, 0.4) is 0 Å². The molecule has 1 N–H and O–H groups in total. The van der Waals surface area contributed by atoms with Crippen LogP contribution >= 0.6 is 0 Å². The Morgan fingerprint density at radius 1 is 0.895 bits per heavy atom. The zero-order chi connectivity index (χ0) is 13.7. The van der Waals surface area contributed by atoms with Gasteiger partial charge in [0.1, 0.15) is 0 Å². The lowest BCUT2D eigenvalue weighted by molar-refractivity contribution is 0.487. The van der Waals surface area contributed by atoms with E-state index in [1.54, 1.807) is 0 Å². The molecule has 0 heterocycles. The van der Waals surface area contributed by atoms with Gasteiger partial charge in [0, 0.05) is 0 Å². The Balaban J connectivity index is 2.46. The molecule has 0 spiro atoms. The molecule has 98 valence electrons. The first-order chi connectivity index (χ1) is 9.06. The maximum Gasteiger partial charge on any atom is 0.268 e. The van der Waals surface area contributed by atoms with E-state index < -0.39 is 15.9 Å². The first-order valence-electron chi connectivity index (χ1n) is 5.82. The molecular formula is C15H14O3S. The van der Waals surface area contributed by atoms with Gasteiger partial charge in [-0.1, -0.05) is 66.7 Å². The average molecular weight is 274 g/mol. The van der Waals surface area contributed by atoms with Gasteiger partial charge in [-0.25, -0.2) is 0 Å². The van der Waals surface area contributed by atoms with Crippen molar-refractivity contribution in [3.63, 3.8) is 0 Å². The van der Waals surface area contributed by atoms with E-state index in [9.17, 15) is 8.42 Å². The van der Waals surface area contributed by atoms with E-state index in [0.29, 0.717) is 0 Å². The van der Waals surface area contributed by atoms with Crippen LogP contribution < -0.4 is 0 Å². The molecule has 0 saturated heterocycles. The fourth-order valence-electron chi connectivity index (χ4n) is 1.83. The molecular weight excluding hydrogens is 260 g/mol. The number of rotatable bonds is 4.